The second-order valence-corrected chi connectivity index (χ2v) is 4.31. The first-order valence-corrected chi connectivity index (χ1v) is 6.16. The maximum absolute atomic E-state index is 6.06. The number of ether oxygens (including phenoxy) is 1. The third-order valence-corrected chi connectivity index (χ3v) is 2.75. The van der Waals surface area contributed by atoms with E-state index in [2.05, 4.69) is 20.6 Å². The lowest BCUT2D eigenvalue weighted by Crippen LogP contribution is -2.01. The lowest BCUT2D eigenvalue weighted by Gasteiger charge is -2.09. The Labute approximate surface area is 117 Å². The fourth-order valence-corrected chi connectivity index (χ4v) is 1.76. The first kappa shape index (κ1) is 13.6. The van der Waals surface area contributed by atoms with E-state index in [1.807, 2.05) is 24.3 Å². The highest BCUT2D eigenvalue weighted by molar-refractivity contribution is 6.32. The monoisotopic (exact) mass is 278 g/mol. The van der Waals surface area contributed by atoms with Crippen molar-refractivity contribution in [2.24, 2.45) is 0 Å². The molecule has 0 saturated heterocycles. The molecule has 0 fully saturated rings. The predicted molar refractivity (Wildman–Crippen MR) is 77.0 cm³/mol. The first-order valence-electron chi connectivity index (χ1n) is 5.78. The second-order valence-electron chi connectivity index (χ2n) is 3.90. The maximum Gasteiger partial charge on any atom is 0.224 e. The largest absolute Gasteiger partial charge is 0.380 e. The highest BCUT2D eigenvalue weighted by atomic mass is 35.5. The van der Waals surface area contributed by atoms with Gasteiger partial charge in [0.1, 0.15) is 5.02 Å². The van der Waals surface area contributed by atoms with Crippen molar-refractivity contribution in [3.63, 3.8) is 0 Å². The Hall–Kier alpha value is -1.85. The average molecular weight is 279 g/mol. The van der Waals surface area contributed by atoms with E-state index in [0.29, 0.717) is 23.4 Å². The molecule has 0 spiro atoms. The minimum atomic E-state index is 0.469. The lowest BCUT2D eigenvalue weighted by molar-refractivity contribution is 0.185. The summed E-state index contributed by atoms with van der Waals surface area (Å²) in [5.74, 6) is 1.08. The standard InChI is InChI=1S/C13H15ClN4O/c1-15-13-16-7-11(14)12(18-13)17-10-5-3-4-9(6-10)8-19-2/h3-7H,8H2,1-2H3,(H2,15,16,17,18). The molecular weight excluding hydrogens is 264 g/mol. The van der Waals surface area contributed by atoms with Crippen molar-refractivity contribution in [2.45, 2.75) is 6.61 Å². The van der Waals surface area contributed by atoms with Crippen molar-refractivity contribution in [3.05, 3.63) is 41.0 Å². The van der Waals surface area contributed by atoms with Gasteiger partial charge in [-0.3, -0.25) is 0 Å². The zero-order valence-corrected chi connectivity index (χ0v) is 11.5. The minimum absolute atomic E-state index is 0.469. The number of methoxy groups -OCH3 is 1. The van der Waals surface area contributed by atoms with Gasteiger partial charge in [-0.05, 0) is 17.7 Å². The van der Waals surface area contributed by atoms with E-state index in [4.69, 9.17) is 16.3 Å². The molecule has 0 radical (unpaired) electrons. The van der Waals surface area contributed by atoms with E-state index in [1.165, 1.54) is 0 Å². The highest BCUT2D eigenvalue weighted by Crippen LogP contribution is 2.24. The van der Waals surface area contributed by atoms with Gasteiger partial charge in [0.25, 0.3) is 0 Å². The highest BCUT2D eigenvalue weighted by Gasteiger charge is 2.05. The van der Waals surface area contributed by atoms with E-state index in [9.17, 15) is 0 Å². The zero-order chi connectivity index (χ0) is 13.7. The number of aromatic nitrogens is 2. The van der Waals surface area contributed by atoms with Crippen LogP contribution in [0.25, 0.3) is 0 Å². The molecule has 0 saturated carbocycles. The van der Waals surface area contributed by atoms with Crippen LogP contribution >= 0.6 is 11.6 Å². The summed E-state index contributed by atoms with van der Waals surface area (Å²) in [6, 6.07) is 7.87. The molecule has 0 atom stereocenters. The minimum Gasteiger partial charge on any atom is -0.380 e. The molecule has 0 amide bonds. The van der Waals surface area contributed by atoms with Crippen LogP contribution in [0, 0.1) is 0 Å². The van der Waals surface area contributed by atoms with Crippen molar-refractivity contribution < 1.29 is 4.74 Å². The van der Waals surface area contributed by atoms with Crippen molar-refractivity contribution in [2.75, 3.05) is 24.8 Å². The number of benzene rings is 1. The van der Waals surface area contributed by atoms with Gasteiger partial charge >= 0.3 is 0 Å². The Morgan fingerprint density at radius 2 is 2.21 bits per heavy atom. The van der Waals surface area contributed by atoms with Gasteiger partial charge in [-0.15, -0.1) is 0 Å². The van der Waals surface area contributed by atoms with Gasteiger partial charge in [-0.1, -0.05) is 23.7 Å². The fourth-order valence-electron chi connectivity index (χ4n) is 1.62. The van der Waals surface area contributed by atoms with Gasteiger partial charge in [0.2, 0.25) is 5.95 Å². The molecule has 1 heterocycles. The fraction of sp³-hybridized carbons (Fsp3) is 0.231. The molecule has 100 valence electrons. The second kappa shape index (κ2) is 6.36. The zero-order valence-electron chi connectivity index (χ0n) is 10.8. The maximum atomic E-state index is 6.06. The summed E-state index contributed by atoms with van der Waals surface area (Å²) in [4.78, 5) is 8.30. The molecule has 2 rings (SSSR count). The van der Waals surface area contributed by atoms with Crippen molar-refractivity contribution in [3.8, 4) is 0 Å². The molecule has 5 nitrogen and oxygen atoms in total. The van der Waals surface area contributed by atoms with Gasteiger partial charge in [0.15, 0.2) is 5.82 Å². The summed E-state index contributed by atoms with van der Waals surface area (Å²) in [5.41, 5.74) is 1.98. The van der Waals surface area contributed by atoms with Crippen LogP contribution in [0.3, 0.4) is 0 Å². The Morgan fingerprint density at radius 1 is 1.37 bits per heavy atom. The van der Waals surface area contributed by atoms with Crippen LogP contribution < -0.4 is 10.6 Å². The number of nitrogens with one attached hydrogen (secondary N) is 2. The molecule has 0 unspecified atom stereocenters. The normalized spacial score (nSPS) is 10.3. The van der Waals surface area contributed by atoms with E-state index in [1.54, 1.807) is 20.4 Å². The SMILES string of the molecule is CNc1ncc(Cl)c(Nc2cccc(COC)c2)n1. The molecule has 2 aromatic rings. The lowest BCUT2D eigenvalue weighted by atomic mass is 10.2. The third kappa shape index (κ3) is 3.56. The van der Waals surface area contributed by atoms with Crippen LogP contribution in [0.4, 0.5) is 17.5 Å². The molecule has 6 heteroatoms. The van der Waals surface area contributed by atoms with Crippen molar-refractivity contribution in [1.82, 2.24) is 9.97 Å². The van der Waals surface area contributed by atoms with Crippen molar-refractivity contribution in [1.29, 1.82) is 0 Å². The average Bonchev–Trinajstić information content (AvgIpc) is 2.42. The molecule has 1 aromatic carbocycles. The molecule has 19 heavy (non-hydrogen) atoms. The number of halogens is 1. The molecule has 2 N–H and O–H groups in total. The van der Waals surface area contributed by atoms with E-state index in [-0.39, 0.29) is 0 Å². The van der Waals surface area contributed by atoms with Crippen LogP contribution in [0.5, 0.6) is 0 Å². The molecule has 1 aromatic heterocycles. The van der Waals surface area contributed by atoms with Crippen LogP contribution in [-0.2, 0) is 11.3 Å². The Kier molecular flexibility index (Phi) is 4.54. The summed E-state index contributed by atoms with van der Waals surface area (Å²) in [5, 5.41) is 6.51. The summed E-state index contributed by atoms with van der Waals surface area (Å²) in [7, 11) is 3.42. The van der Waals surface area contributed by atoms with Gasteiger partial charge in [0.05, 0.1) is 12.8 Å². The summed E-state index contributed by atoms with van der Waals surface area (Å²) < 4.78 is 5.10. The van der Waals surface area contributed by atoms with Gasteiger partial charge in [-0.2, -0.15) is 4.98 Å². The quantitative estimate of drug-likeness (QED) is 0.880. The number of nitrogens with zero attached hydrogens (tertiary/aromatic N) is 2. The summed E-state index contributed by atoms with van der Waals surface area (Å²) >= 11 is 6.06. The Balaban J connectivity index is 2.22. The Morgan fingerprint density at radius 3 is 2.95 bits per heavy atom. The van der Waals surface area contributed by atoms with E-state index >= 15 is 0 Å². The van der Waals surface area contributed by atoms with Gasteiger partial charge in [-0.25, -0.2) is 4.98 Å². The number of hydrogen-bond acceptors (Lipinski definition) is 5. The number of hydrogen-bond donors (Lipinski definition) is 2. The van der Waals surface area contributed by atoms with Crippen LogP contribution in [0.15, 0.2) is 30.5 Å². The Bertz CT molecular complexity index is 562. The van der Waals surface area contributed by atoms with Crippen molar-refractivity contribution >= 4 is 29.1 Å². The molecule has 0 aliphatic rings. The molecule has 0 aliphatic carbocycles. The first-order chi connectivity index (χ1) is 9.22. The van der Waals surface area contributed by atoms with E-state index < -0.39 is 0 Å². The van der Waals surface area contributed by atoms with Crippen LogP contribution in [0.2, 0.25) is 5.02 Å². The topological polar surface area (TPSA) is 59.1 Å². The smallest absolute Gasteiger partial charge is 0.224 e. The van der Waals surface area contributed by atoms with Gasteiger partial charge < -0.3 is 15.4 Å². The number of rotatable bonds is 5. The van der Waals surface area contributed by atoms with E-state index in [0.717, 1.165) is 11.3 Å². The predicted octanol–water partition coefficient (Wildman–Crippen LogP) is 3.06. The number of anilines is 3. The summed E-state index contributed by atoms with van der Waals surface area (Å²) in [6.45, 7) is 0.564. The molecule has 0 aliphatic heterocycles. The van der Waals surface area contributed by atoms with Crippen LogP contribution in [0.1, 0.15) is 5.56 Å². The molecule has 0 bridgehead atoms. The van der Waals surface area contributed by atoms with Crippen LogP contribution in [-0.4, -0.2) is 24.1 Å². The summed E-state index contributed by atoms with van der Waals surface area (Å²) in [6.07, 6.45) is 1.56. The van der Waals surface area contributed by atoms with Gasteiger partial charge in [0, 0.05) is 19.8 Å². The third-order valence-electron chi connectivity index (χ3n) is 2.47. The molecular formula is C13H15ClN4O.